The average Bonchev–Trinajstić information content (AvgIpc) is 2.60. The minimum absolute atomic E-state index is 0. The maximum absolute atomic E-state index is 10.8. The lowest BCUT2D eigenvalue weighted by atomic mass is 10.2. The van der Waals surface area contributed by atoms with Gasteiger partial charge >= 0.3 is 5.97 Å². The average molecular weight is 451 g/mol. The highest BCUT2D eigenvalue weighted by Crippen LogP contribution is 2.31. The van der Waals surface area contributed by atoms with Crippen molar-refractivity contribution in [1.82, 2.24) is 0 Å². The minimum atomic E-state index is -0.542. The van der Waals surface area contributed by atoms with Crippen LogP contribution in [0.15, 0.2) is 25.3 Å². The summed E-state index contributed by atoms with van der Waals surface area (Å²) >= 11 is 4.71. The van der Waals surface area contributed by atoms with E-state index in [1.807, 2.05) is 0 Å². The van der Waals surface area contributed by atoms with E-state index in [-0.39, 0.29) is 7.53 Å². The van der Waals surface area contributed by atoms with Gasteiger partial charge in [0.1, 0.15) is 12.2 Å². The van der Waals surface area contributed by atoms with E-state index in [9.17, 15) is 14.7 Å². The molecule has 0 bridgehead atoms. The number of esters is 1. The summed E-state index contributed by atoms with van der Waals surface area (Å²) in [5.41, 5.74) is 0. The summed E-state index contributed by atoms with van der Waals surface area (Å²) in [7, 11) is 6.42. The molecule has 0 amide bonds. The lowest BCUT2D eigenvalue weighted by molar-refractivity contribution is -0.146. The molecule has 0 aromatic carbocycles. The van der Waals surface area contributed by atoms with Gasteiger partial charge in [0.15, 0.2) is 0 Å². The van der Waals surface area contributed by atoms with Crippen molar-refractivity contribution in [1.29, 1.82) is 0 Å². The minimum Gasteiger partial charge on any atom is -0.456 e. The van der Waals surface area contributed by atoms with E-state index in [2.05, 4.69) is 13.2 Å². The molecule has 6 nitrogen and oxygen atoms in total. The largest absolute Gasteiger partial charge is 0.456 e. The van der Waals surface area contributed by atoms with E-state index in [1.165, 1.54) is 0 Å². The second-order valence-electron chi connectivity index (χ2n) is 4.53. The summed E-state index contributed by atoms with van der Waals surface area (Å²) in [4.78, 5) is 20.2. The lowest BCUT2D eigenvalue weighted by Crippen LogP contribution is -2.36. The molecule has 0 aliphatic carbocycles. The predicted molar refractivity (Wildman–Crippen MR) is 111 cm³/mol. The van der Waals surface area contributed by atoms with Gasteiger partial charge in [-0.3, -0.25) is 4.79 Å². The summed E-state index contributed by atoms with van der Waals surface area (Å²) in [5.74, 6) is 2.11. The summed E-state index contributed by atoms with van der Waals surface area (Å²) in [6, 6.07) is 0. The van der Waals surface area contributed by atoms with E-state index >= 15 is 0 Å². The van der Waals surface area contributed by atoms with Crippen molar-refractivity contribution in [3.8, 4) is 0 Å². The standard InChI is InChI=1S/C7H10O3S2.C4H8O2S2.C3H3ClO.H2/c1-2-7(9)10-6-4-12-11-3-5(6)8;5-3-1-7-8-2-4(3)6;1-2-3(4)5;/h2,5-6,8H,1,3-4H2;3-6H,1-2H2;2H,1H2;1H/t;3-,4-;;/m.0../s1. The fourth-order valence-corrected chi connectivity index (χ4v) is 5.92. The quantitative estimate of drug-likeness (QED) is 0.256. The Morgan fingerprint density at radius 1 is 0.920 bits per heavy atom. The third-order valence-electron chi connectivity index (χ3n) is 2.58. The molecule has 11 heteroatoms. The summed E-state index contributed by atoms with van der Waals surface area (Å²) in [6.07, 6.45) is 0.241. The van der Waals surface area contributed by atoms with Crippen LogP contribution in [0.4, 0.5) is 0 Å². The first-order valence-corrected chi connectivity index (χ1v) is 12.3. The number of allylic oxidation sites excluding steroid dienone is 1. The molecule has 0 aromatic heterocycles. The zero-order chi connectivity index (χ0) is 19.2. The van der Waals surface area contributed by atoms with Gasteiger partial charge in [0.2, 0.25) is 5.24 Å². The van der Waals surface area contributed by atoms with Gasteiger partial charge in [-0.25, -0.2) is 4.79 Å². The van der Waals surface area contributed by atoms with Crippen molar-refractivity contribution in [3.05, 3.63) is 25.3 Å². The Morgan fingerprint density at radius 3 is 1.64 bits per heavy atom. The highest BCUT2D eigenvalue weighted by atomic mass is 35.5. The number of carbonyl (C=O) groups is 2. The molecule has 2 aliphatic heterocycles. The lowest BCUT2D eigenvalue weighted by Gasteiger charge is -2.25. The predicted octanol–water partition coefficient (Wildman–Crippen LogP) is 2.13. The third kappa shape index (κ3) is 13.1. The zero-order valence-electron chi connectivity index (χ0n) is 13.3. The molecule has 0 saturated carbocycles. The van der Waals surface area contributed by atoms with E-state index < -0.39 is 29.5 Å². The molecule has 2 heterocycles. The maximum atomic E-state index is 10.8. The summed E-state index contributed by atoms with van der Waals surface area (Å²) in [6.45, 7) is 6.36. The van der Waals surface area contributed by atoms with Crippen LogP contribution >= 0.6 is 54.8 Å². The maximum Gasteiger partial charge on any atom is 0.330 e. The van der Waals surface area contributed by atoms with Crippen LogP contribution in [0, 0.1) is 0 Å². The number of hydrogen-bond donors (Lipinski definition) is 3. The Balaban J connectivity index is 0. The summed E-state index contributed by atoms with van der Waals surface area (Å²) in [5, 5.41) is 26.6. The van der Waals surface area contributed by atoms with Crippen LogP contribution in [-0.4, -0.2) is 74.0 Å². The number of hydrogen-bond acceptors (Lipinski definition) is 10. The van der Waals surface area contributed by atoms with Gasteiger partial charge < -0.3 is 20.1 Å². The van der Waals surface area contributed by atoms with Crippen molar-refractivity contribution in [3.63, 3.8) is 0 Å². The van der Waals surface area contributed by atoms with Crippen LogP contribution in [0.25, 0.3) is 0 Å². The number of ether oxygens (including phenoxy) is 1. The third-order valence-corrected chi connectivity index (χ3v) is 7.60. The molecule has 0 radical (unpaired) electrons. The van der Waals surface area contributed by atoms with Gasteiger partial charge in [-0.1, -0.05) is 56.3 Å². The van der Waals surface area contributed by atoms with Gasteiger partial charge in [0, 0.05) is 30.5 Å². The Labute approximate surface area is 169 Å². The second kappa shape index (κ2) is 15.3. The molecule has 0 aromatic rings. The van der Waals surface area contributed by atoms with Crippen molar-refractivity contribution in [2.24, 2.45) is 0 Å². The van der Waals surface area contributed by atoms with Crippen LogP contribution in [0.3, 0.4) is 0 Å². The molecule has 2 fully saturated rings. The Hall–Kier alpha value is 0.190. The molecule has 2 aliphatic rings. The van der Waals surface area contributed by atoms with Crippen molar-refractivity contribution in [2.45, 2.75) is 24.4 Å². The highest BCUT2D eigenvalue weighted by molar-refractivity contribution is 8.77. The van der Waals surface area contributed by atoms with Crippen LogP contribution in [-0.2, 0) is 14.3 Å². The van der Waals surface area contributed by atoms with Gasteiger partial charge in [-0.05, 0) is 17.7 Å². The highest BCUT2D eigenvalue weighted by Gasteiger charge is 2.26. The Bertz CT molecular complexity index is 436. The van der Waals surface area contributed by atoms with E-state index in [0.29, 0.717) is 23.0 Å². The smallest absolute Gasteiger partial charge is 0.330 e. The fraction of sp³-hybridized carbons (Fsp3) is 0.571. The molecule has 2 rings (SSSR count). The zero-order valence-corrected chi connectivity index (χ0v) is 17.3. The first kappa shape index (κ1) is 25.2. The molecule has 2 unspecified atom stereocenters. The molecule has 25 heavy (non-hydrogen) atoms. The first-order chi connectivity index (χ1) is 11.8. The normalized spacial score (nSPS) is 28.2. The SMILES string of the molecule is C=CC(=O)Cl.C=CC(=O)OC1CSSCC1O.O[C@H]1CSSC[C@@H]1O.[HH]. The first-order valence-electron chi connectivity index (χ1n) is 6.99. The van der Waals surface area contributed by atoms with Crippen LogP contribution < -0.4 is 0 Å². The van der Waals surface area contributed by atoms with Crippen molar-refractivity contribution < 1.29 is 31.1 Å². The number of carbonyl (C=O) groups excluding carboxylic acids is 2. The van der Waals surface area contributed by atoms with Crippen LogP contribution in [0.5, 0.6) is 0 Å². The Kier molecular flexibility index (Phi) is 15.4. The molecule has 146 valence electrons. The topological polar surface area (TPSA) is 104 Å². The molecular weight excluding hydrogens is 428 g/mol. The van der Waals surface area contributed by atoms with Crippen molar-refractivity contribution in [2.75, 3.05) is 23.0 Å². The number of aliphatic hydroxyl groups excluding tert-OH is 3. The number of rotatable bonds is 3. The number of aliphatic hydroxyl groups is 3. The molecule has 3 N–H and O–H groups in total. The molecule has 0 spiro atoms. The van der Waals surface area contributed by atoms with Crippen LogP contribution in [0.2, 0.25) is 0 Å². The van der Waals surface area contributed by atoms with Crippen molar-refractivity contribution >= 4 is 66.0 Å². The molecule has 4 atom stereocenters. The van der Waals surface area contributed by atoms with Gasteiger partial charge in [-0.15, -0.1) is 0 Å². The fourth-order valence-electron chi connectivity index (χ4n) is 1.22. The van der Waals surface area contributed by atoms with Crippen LogP contribution in [0.1, 0.15) is 1.43 Å². The molecule has 2 saturated heterocycles. The number of halogens is 1. The summed E-state index contributed by atoms with van der Waals surface area (Å²) < 4.78 is 4.91. The van der Waals surface area contributed by atoms with E-state index in [1.54, 1.807) is 43.2 Å². The Morgan fingerprint density at radius 2 is 1.32 bits per heavy atom. The van der Waals surface area contributed by atoms with E-state index in [0.717, 1.165) is 12.2 Å². The monoisotopic (exact) mass is 450 g/mol. The van der Waals surface area contributed by atoms with E-state index in [4.69, 9.17) is 26.6 Å². The van der Waals surface area contributed by atoms with Gasteiger partial charge in [0.25, 0.3) is 0 Å². The van der Waals surface area contributed by atoms with Gasteiger partial charge in [0.05, 0.1) is 12.2 Å². The second-order valence-corrected chi connectivity index (χ2v) is 10.0. The van der Waals surface area contributed by atoms with Gasteiger partial charge in [-0.2, -0.15) is 0 Å². The molecular formula is C14H23ClO6S4.